The first-order valence-electron chi connectivity index (χ1n) is 8.37. The summed E-state index contributed by atoms with van der Waals surface area (Å²) >= 11 is 0. The van der Waals surface area contributed by atoms with E-state index in [2.05, 4.69) is 10.6 Å². The highest BCUT2D eigenvalue weighted by molar-refractivity contribution is 5.95. The van der Waals surface area contributed by atoms with Gasteiger partial charge in [0.1, 0.15) is 5.75 Å². The Hall–Kier alpha value is -2.86. The molecule has 2 aromatic rings. The van der Waals surface area contributed by atoms with Gasteiger partial charge in [0.05, 0.1) is 13.2 Å². The van der Waals surface area contributed by atoms with Gasteiger partial charge in [-0.05, 0) is 44.4 Å². The molecule has 0 fully saturated rings. The minimum absolute atomic E-state index is 0.0197. The highest BCUT2D eigenvalue weighted by Crippen LogP contribution is 2.27. The molecule has 138 valence electrons. The summed E-state index contributed by atoms with van der Waals surface area (Å²) in [6.45, 7) is 1.89. The topological polar surface area (TPSA) is 70.7 Å². The standard InChI is InChI=1S/C20H25N3O3/c1-14(24)22-16-11-9-15(10-12-16)20(25)21-13-18(23(2)3)17-7-5-6-8-19(17)26-4/h5-12,18H,13H2,1-4H3,(H,21,25)(H,22,24). The van der Waals surface area contributed by atoms with Crippen LogP contribution in [0.15, 0.2) is 48.5 Å². The first-order chi connectivity index (χ1) is 12.4. The van der Waals surface area contributed by atoms with E-state index in [0.29, 0.717) is 17.8 Å². The predicted octanol–water partition coefficient (Wildman–Crippen LogP) is 2.69. The van der Waals surface area contributed by atoms with Crippen molar-refractivity contribution in [3.05, 3.63) is 59.7 Å². The van der Waals surface area contributed by atoms with E-state index in [-0.39, 0.29) is 17.9 Å². The molecule has 0 bridgehead atoms. The van der Waals surface area contributed by atoms with E-state index in [9.17, 15) is 9.59 Å². The predicted molar refractivity (Wildman–Crippen MR) is 103 cm³/mol. The van der Waals surface area contributed by atoms with Gasteiger partial charge in [0.2, 0.25) is 5.91 Å². The molecule has 6 nitrogen and oxygen atoms in total. The molecule has 1 atom stereocenters. The van der Waals surface area contributed by atoms with Gasteiger partial charge in [-0.3, -0.25) is 9.59 Å². The molecule has 6 heteroatoms. The second-order valence-corrected chi connectivity index (χ2v) is 6.19. The summed E-state index contributed by atoms with van der Waals surface area (Å²) in [5, 5.41) is 5.65. The number of para-hydroxylation sites is 1. The number of methoxy groups -OCH3 is 1. The Kier molecular flexibility index (Phi) is 6.74. The van der Waals surface area contributed by atoms with Crippen LogP contribution in [0.4, 0.5) is 5.69 Å². The van der Waals surface area contributed by atoms with E-state index in [0.717, 1.165) is 11.3 Å². The van der Waals surface area contributed by atoms with Crippen LogP contribution in [0.25, 0.3) is 0 Å². The SMILES string of the molecule is COc1ccccc1C(CNC(=O)c1ccc(NC(C)=O)cc1)N(C)C. The lowest BCUT2D eigenvalue weighted by molar-refractivity contribution is -0.114. The third-order valence-electron chi connectivity index (χ3n) is 4.04. The summed E-state index contributed by atoms with van der Waals surface area (Å²) in [4.78, 5) is 25.5. The van der Waals surface area contributed by atoms with Crippen LogP contribution in [0, 0.1) is 0 Å². The molecule has 0 aromatic heterocycles. The van der Waals surface area contributed by atoms with Gasteiger partial charge in [-0.15, -0.1) is 0 Å². The van der Waals surface area contributed by atoms with Crippen molar-refractivity contribution in [2.45, 2.75) is 13.0 Å². The number of carbonyl (C=O) groups excluding carboxylic acids is 2. The number of anilines is 1. The number of hydrogen-bond acceptors (Lipinski definition) is 4. The van der Waals surface area contributed by atoms with Gasteiger partial charge in [0.15, 0.2) is 0 Å². The zero-order chi connectivity index (χ0) is 19.1. The van der Waals surface area contributed by atoms with Crippen molar-refractivity contribution in [3.8, 4) is 5.75 Å². The third-order valence-corrected chi connectivity index (χ3v) is 4.04. The molecule has 0 aliphatic carbocycles. The molecule has 2 N–H and O–H groups in total. The number of benzene rings is 2. The van der Waals surface area contributed by atoms with E-state index in [4.69, 9.17) is 4.74 Å². The van der Waals surface area contributed by atoms with Gasteiger partial charge in [-0.1, -0.05) is 18.2 Å². The number of likely N-dealkylation sites (N-methyl/N-ethyl adjacent to an activating group) is 1. The average molecular weight is 355 g/mol. The van der Waals surface area contributed by atoms with Crippen molar-refractivity contribution < 1.29 is 14.3 Å². The summed E-state index contributed by atoms with van der Waals surface area (Å²) in [6, 6.07) is 14.6. The van der Waals surface area contributed by atoms with Crippen LogP contribution in [0.2, 0.25) is 0 Å². The van der Waals surface area contributed by atoms with Crippen molar-refractivity contribution in [3.63, 3.8) is 0 Å². The first kappa shape index (κ1) is 19.5. The van der Waals surface area contributed by atoms with Gasteiger partial charge in [-0.2, -0.15) is 0 Å². The van der Waals surface area contributed by atoms with E-state index in [1.54, 1.807) is 31.4 Å². The molecular formula is C20H25N3O3. The van der Waals surface area contributed by atoms with Crippen LogP contribution in [0.5, 0.6) is 5.75 Å². The number of nitrogens with one attached hydrogen (secondary N) is 2. The maximum absolute atomic E-state index is 12.4. The molecule has 1 unspecified atom stereocenters. The van der Waals surface area contributed by atoms with Gasteiger partial charge < -0.3 is 20.3 Å². The smallest absolute Gasteiger partial charge is 0.251 e. The maximum Gasteiger partial charge on any atom is 0.251 e. The zero-order valence-electron chi connectivity index (χ0n) is 15.6. The molecule has 0 saturated heterocycles. The summed E-state index contributed by atoms with van der Waals surface area (Å²) < 4.78 is 5.44. The van der Waals surface area contributed by atoms with E-state index in [1.165, 1.54) is 6.92 Å². The molecule has 0 saturated carbocycles. The monoisotopic (exact) mass is 355 g/mol. The zero-order valence-corrected chi connectivity index (χ0v) is 15.6. The van der Waals surface area contributed by atoms with Crippen molar-refractivity contribution >= 4 is 17.5 Å². The minimum Gasteiger partial charge on any atom is -0.496 e. The minimum atomic E-state index is -0.166. The molecule has 0 radical (unpaired) electrons. The number of carbonyl (C=O) groups is 2. The summed E-state index contributed by atoms with van der Waals surface area (Å²) in [6.07, 6.45) is 0. The summed E-state index contributed by atoms with van der Waals surface area (Å²) in [7, 11) is 5.57. The summed E-state index contributed by atoms with van der Waals surface area (Å²) in [5.74, 6) is 0.481. The van der Waals surface area contributed by atoms with Gasteiger partial charge in [0, 0.05) is 30.3 Å². The second kappa shape index (κ2) is 9.01. The lowest BCUT2D eigenvalue weighted by atomic mass is 10.0. The molecule has 0 aliphatic rings. The molecule has 2 amide bonds. The highest BCUT2D eigenvalue weighted by Gasteiger charge is 2.19. The number of nitrogens with zero attached hydrogens (tertiary/aromatic N) is 1. The van der Waals surface area contributed by atoms with Crippen LogP contribution in [0.1, 0.15) is 28.9 Å². The Balaban J connectivity index is 2.06. The normalized spacial score (nSPS) is 11.7. The fraction of sp³-hybridized carbons (Fsp3) is 0.300. The molecule has 2 aromatic carbocycles. The number of amides is 2. The van der Waals surface area contributed by atoms with Crippen LogP contribution < -0.4 is 15.4 Å². The third kappa shape index (κ3) is 5.07. The number of rotatable bonds is 7. The van der Waals surface area contributed by atoms with Gasteiger partial charge >= 0.3 is 0 Å². The molecule has 2 rings (SSSR count). The van der Waals surface area contributed by atoms with Crippen molar-refractivity contribution in [2.75, 3.05) is 33.1 Å². The quantitative estimate of drug-likeness (QED) is 0.801. The van der Waals surface area contributed by atoms with Crippen LogP contribution in [-0.4, -0.2) is 44.5 Å². The largest absolute Gasteiger partial charge is 0.496 e. The molecular weight excluding hydrogens is 330 g/mol. The van der Waals surface area contributed by atoms with Crippen LogP contribution in [-0.2, 0) is 4.79 Å². The number of ether oxygens (including phenoxy) is 1. The average Bonchev–Trinajstić information content (AvgIpc) is 2.62. The Morgan fingerprint density at radius 3 is 2.31 bits per heavy atom. The lowest BCUT2D eigenvalue weighted by Gasteiger charge is -2.26. The molecule has 0 aliphatic heterocycles. The Labute approximate surface area is 154 Å². The van der Waals surface area contributed by atoms with Crippen LogP contribution >= 0.6 is 0 Å². The molecule has 0 spiro atoms. The molecule has 26 heavy (non-hydrogen) atoms. The maximum atomic E-state index is 12.4. The fourth-order valence-electron chi connectivity index (χ4n) is 2.71. The van der Waals surface area contributed by atoms with E-state index >= 15 is 0 Å². The van der Waals surface area contributed by atoms with Gasteiger partial charge in [0.25, 0.3) is 5.91 Å². The highest BCUT2D eigenvalue weighted by atomic mass is 16.5. The number of hydrogen-bond donors (Lipinski definition) is 2. The van der Waals surface area contributed by atoms with E-state index < -0.39 is 0 Å². The lowest BCUT2D eigenvalue weighted by Crippen LogP contribution is -2.34. The van der Waals surface area contributed by atoms with Crippen LogP contribution in [0.3, 0.4) is 0 Å². The van der Waals surface area contributed by atoms with Crippen molar-refractivity contribution in [1.82, 2.24) is 10.2 Å². The van der Waals surface area contributed by atoms with E-state index in [1.807, 2.05) is 43.3 Å². The molecule has 0 heterocycles. The van der Waals surface area contributed by atoms with Crippen molar-refractivity contribution in [1.29, 1.82) is 0 Å². The Morgan fingerprint density at radius 2 is 1.73 bits per heavy atom. The second-order valence-electron chi connectivity index (χ2n) is 6.19. The Bertz CT molecular complexity index is 757. The Morgan fingerprint density at radius 1 is 1.08 bits per heavy atom. The first-order valence-corrected chi connectivity index (χ1v) is 8.37. The van der Waals surface area contributed by atoms with Crippen molar-refractivity contribution in [2.24, 2.45) is 0 Å². The summed E-state index contributed by atoms with van der Waals surface area (Å²) in [5.41, 5.74) is 2.21. The van der Waals surface area contributed by atoms with Gasteiger partial charge in [-0.25, -0.2) is 0 Å². The fourth-order valence-corrected chi connectivity index (χ4v) is 2.71.